The van der Waals surface area contributed by atoms with E-state index >= 15 is 0 Å². The van der Waals surface area contributed by atoms with Crippen LogP contribution in [0.1, 0.15) is 0 Å². The number of aliphatic hydroxyl groups is 2. The molecule has 2 aliphatic rings. The van der Waals surface area contributed by atoms with E-state index in [-0.39, 0.29) is 6.61 Å². The summed E-state index contributed by atoms with van der Waals surface area (Å²) in [5.41, 5.74) is 0. The van der Waals surface area contributed by atoms with E-state index in [9.17, 15) is 10.2 Å². The van der Waals surface area contributed by atoms with Crippen LogP contribution in [0.2, 0.25) is 0 Å². The fourth-order valence-corrected chi connectivity index (χ4v) is 1.58. The van der Waals surface area contributed by atoms with Gasteiger partial charge in [-0.1, -0.05) is 5.22 Å². The highest BCUT2D eigenvalue weighted by molar-refractivity contribution is 4.96. The maximum absolute atomic E-state index is 9.53. The average molecular weight is 189 g/mol. The first kappa shape index (κ1) is 8.82. The van der Waals surface area contributed by atoms with Crippen LogP contribution in [0.5, 0.6) is 0 Å². The van der Waals surface area contributed by atoms with Gasteiger partial charge in [0.05, 0.1) is 6.61 Å². The first-order chi connectivity index (χ1) is 6.24. The smallest absolute Gasteiger partial charge is 0.185 e. The van der Waals surface area contributed by atoms with Crippen molar-refractivity contribution < 1.29 is 19.7 Å². The maximum atomic E-state index is 9.53. The first-order valence-corrected chi connectivity index (χ1v) is 3.97. The van der Waals surface area contributed by atoms with Crippen molar-refractivity contribution in [2.75, 3.05) is 6.61 Å². The molecule has 13 heavy (non-hydrogen) atoms. The van der Waals surface area contributed by atoms with Gasteiger partial charge >= 0.3 is 0 Å². The van der Waals surface area contributed by atoms with Crippen molar-refractivity contribution in [1.82, 2.24) is 0 Å². The summed E-state index contributed by atoms with van der Waals surface area (Å²) in [6.07, 6.45) is -3.13. The largest absolute Gasteiger partial charge is 0.388 e. The molecule has 2 saturated heterocycles. The zero-order valence-electron chi connectivity index (χ0n) is 6.78. The van der Waals surface area contributed by atoms with Crippen molar-refractivity contribution >= 4 is 0 Å². The highest BCUT2D eigenvalue weighted by Gasteiger charge is 2.49. The van der Waals surface area contributed by atoms with Crippen LogP contribution in [-0.2, 0) is 9.47 Å². The molecule has 0 aromatic carbocycles. The third kappa shape index (κ3) is 1.29. The molecule has 2 rings (SSSR count). The van der Waals surface area contributed by atoms with Gasteiger partial charge in [-0.15, -0.1) is 0 Å². The Labute approximate surface area is 74.1 Å². The fourth-order valence-electron chi connectivity index (χ4n) is 1.58. The number of fused-ring (bicyclic) bond motifs is 2. The number of rotatable bonds is 1. The molecule has 2 fully saturated rings. The second-order valence-corrected chi connectivity index (χ2v) is 3.08. The lowest BCUT2D eigenvalue weighted by Gasteiger charge is -2.32. The molecule has 2 unspecified atom stereocenters. The van der Waals surface area contributed by atoms with Crippen LogP contribution in [0.25, 0.3) is 0 Å². The van der Waals surface area contributed by atoms with Gasteiger partial charge in [-0.25, -0.2) is 0 Å². The number of nitrogens with zero attached hydrogens (tertiary/aromatic N) is 2. The first-order valence-electron chi connectivity index (χ1n) is 3.97. The van der Waals surface area contributed by atoms with Crippen molar-refractivity contribution in [1.29, 1.82) is 0 Å². The number of nitrogens with two attached hydrogens (primary N) is 1. The van der Waals surface area contributed by atoms with Crippen LogP contribution >= 0.6 is 0 Å². The van der Waals surface area contributed by atoms with Crippen LogP contribution in [0.4, 0.5) is 0 Å². The molecule has 7 heteroatoms. The van der Waals surface area contributed by atoms with Gasteiger partial charge in [-0.2, -0.15) is 5.11 Å². The van der Waals surface area contributed by atoms with Crippen molar-refractivity contribution in [3.8, 4) is 0 Å². The van der Waals surface area contributed by atoms with Gasteiger partial charge in [-0.3, -0.25) is 0 Å². The summed E-state index contributed by atoms with van der Waals surface area (Å²) < 4.78 is 10.3. The Morgan fingerprint density at radius 2 is 2.08 bits per heavy atom. The van der Waals surface area contributed by atoms with Crippen LogP contribution in [0, 0.1) is 0 Å². The van der Waals surface area contributed by atoms with E-state index in [2.05, 4.69) is 10.3 Å². The predicted octanol–water partition coefficient (Wildman–Crippen LogP) is -1.84. The predicted molar refractivity (Wildman–Crippen MR) is 39.5 cm³/mol. The van der Waals surface area contributed by atoms with Crippen molar-refractivity contribution in [2.45, 2.75) is 30.6 Å². The number of ether oxygens (including phenoxy) is 2. The molecule has 0 saturated carbocycles. The van der Waals surface area contributed by atoms with Crippen LogP contribution < -0.4 is 5.84 Å². The van der Waals surface area contributed by atoms with E-state index in [1.54, 1.807) is 0 Å². The number of hydrogen-bond acceptors (Lipinski definition) is 6. The molecule has 0 amide bonds. The molecule has 7 nitrogen and oxygen atoms in total. The van der Waals surface area contributed by atoms with E-state index < -0.39 is 30.6 Å². The standard InChI is InChI=1S/C6H11N3O4/c7-9-8-3-5(11)4(10)2-1-12-6(3)13-2/h2-6,10-11H,1H2,(H2,7,8)/t2?,3-,4+,5-,6?/m1/s1. The molecule has 2 heterocycles. The molecule has 5 atom stereocenters. The molecule has 0 radical (unpaired) electrons. The lowest BCUT2D eigenvalue weighted by Crippen LogP contribution is -2.52. The SMILES string of the molecule is NN=N[C@H]1C2OCC(O2)[C@H](O)[C@@H]1O. The summed E-state index contributed by atoms with van der Waals surface area (Å²) in [6, 6.07) is -0.737. The van der Waals surface area contributed by atoms with E-state index in [1.165, 1.54) is 0 Å². The molecular weight excluding hydrogens is 178 g/mol. The van der Waals surface area contributed by atoms with E-state index in [0.29, 0.717) is 0 Å². The molecule has 0 aromatic rings. The van der Waals surface area contributed by atoms with Gasteiger partial charge < -0.3 is 25.5 Å². The highest BCUT2D eigenvalue weighted by Crippen LogP contribution is 2.29. The second kappa shape index (κ2) is 3.18. The molecular formula is C6H11N3O4. The summed E-state index contributed by atoms with van der Waals surface area (Å²) in [7, 11) is 0. The summed E-state index contributed by atoms with van der Waals surface area (Å²) in [5, 5.41) is 25.6. The zero-order valence-corrected chi connectivity index (χ0v) is 6.78. The lowest BCUT2D eigenvalue weighted by atomic mass is 10.00. The van der Waals surface area contributed by atoms with Crippen molar-refractivity contribution in [3.05, 3.63) is 0 Å². The maximum Gasteiger partial charge on any atom is 0.185 e. The Morgan fingerprint density at radius 1 is 1.31 bits per heavy atom. The fraction of sp³-hybridized carbons (Fsp3) is 1.00. The summed E-state index contributed by atoms with van der Waals surface area (Å²) >= 11 is 0. The Hall–Kier alpha value is -0.760. The second-order valence-electron chi connectivity index (χ2n) is 3.08. The Bertz CT molecular complexity index is 224. The average Bonchev–Trinajstić information content (AvgIpc) is 2.56. The Kier molecular flexibility index (Phi) is 2.16. The van der Waals surface area contributed by atoms with Gasteiger partial charge in [0.15, 0.2) is 12.3 Å². The number of hydrogen-bond donors (Lipinski definition) is 3. The molecule has 0 spiro atoms. The minimum absolute atomic E-state index is 0.263. The zero-order chi connectivity index (χ0) is 9.42. The van der Waals surface area contributed by atoms with Crippen LogP contribution in [-0.4, -0.2) is 47.5 Å². The monoisotopic (exact) mass is 189 g/mol. The number of aliphatic hydroxyl groups excluding tert-OH is 2. The summed E-state index contributed by atoms with van der Waals surface area (Å²) in [6.45, 7) is 0.263. The lowest BCUT2D eigenvalue weighted by molar-refractivity contribution is -0.178. The molecule has 0 aromatic heterocycles. The molecule has 0 aliphatic carbocycles. The van der Waals surface area contributed by atoms with Gasteiger partial charge in [0.1, 0.15) is 18.3 Å². The molecule has 4 N–H and O–H groups in total. The van der Waals surface area contributed by atoms with E-state index in [1.807, 2.05) is 0 Å². The van der Waals surface area contributed by atoms with Gasteiger partial charge in [0.25, 0.3) is 0 Å². The minimum atomic E-state index is -1.03. The van der Waals surface area contributed by atoms with Gasteiger partial charge in [0.2, 0.25) is 0 Å². The van der Waals surface area contributed by atoms with E-state index in [4.69, 9.17) is 15.3 Å². The molecule has 74 valence electrons. The van der Waals surface area contributed by atoms with Crippen molar-refractivity contribution in [2.24, 2.45) is 16.2 Å². The Morgan fingerprint density at radius 3 is 2.77 bits per heavy atom. The third-order valence-corrected chi connectivity index (χ3v) is 2.29. The van der Waals surface area contributed by atoms with E-state index in [0.717, 1.165) is 0 Å². The minimum Gasteiger partial charge on any atom is -0.388 e. The van der Waals surface area contributed by atoms with Crippen LogP contribution in [0.3, 0.4) is 0 Å². The van der Waals surface area contributed by atoms with Gasteiger partial charge in [0, 0.05) is 0 Å². The normalized spacial score (nSPS) is 50.2. The summed E-state index contributed by atoms with van der Waals surface area (Å²) in [5.74, 6) is 4.85. The highest BCUT2D eigenvalue weighted by atomic mass is 16.7. The van der Waals surface area contributed by atoms with Crippen molar-refractivity contribution in [3.63, 3.8) is 0 Å². The summed E-state index contributed by atoms with van der Waals surface area (Å²) in [4.78, 5) is 0. The van der Waals surface area contributed by atoms with Crippen LogP contribution in [0.15, 0.2) is 10.3 Å². The Balaban J connectivity index is 2.17. The third-order valence-electron chi connectivity index (χ3n) is 2.29. The topological polar surface area (TPSA) is 110 Å². The van der Waals surface area contributed by atoms with Gasteiger partial charge in [-0.05, 0) is 0 Å². The molecule has 2 aliphatic heterocycles. The molecule has 2 bridgehead atoms. The quantitative estimate of drug-likeness (QED) is 0.255.